The number of benzene rings is 3. The molecule has 4 nitrogen and oxygen atoms in total. The maximum absolute atomic E-state index is 13.2. The first-order valence-electron chi connectivity index (χ1n) is 9.79. The van der Waals surface area contributed by atoms with Crippen LogP contribution in [0.4, 0.5) is 11.4 Å². The summed E-state index contributed by atoms with van der Waals surface area (Å²) < 4.78 is 0. The molecule has 0 saturated heterocycles. The van der Waals surface area contributed by atoms with Gasteiger partial charge in [-0.25, -0.2) is 0 Å². The van der Waals surface area contributed by atoms with Crippen molar-refractivity contribution in [2.24, 2.45) is 0 Å². The molecule has 0 aromatic heterocycles. The van der Waals surface area contributed by atoms with Gasteiger partial charge in [0.05, 0.1) is 6.54 Å². The first-order chi connectivity index (χ1) is 14.1. The highest BCUT2D eigenvalue weighted by atomic mass is 16.2. The van der Waals surface area contributed by atoms with E-state index in [1.807, 2.05) is 91.9 Å². The van der Waals surface area contributed by atoms with Crippen LogP contribution in [-0.2, 0) is 16.1 Å². The van der Waals surface area contributed by atoms with Crippen LogP contribution < -0.4 is 9.80 Å². The molecule has 0 aliphatic rings. The van der Waals surface area contributed by atoms with Crippen molar-refractivity contribution in [2.45, 2.75) is 26.8 Å². The summed E-state index contributed by atoms with van der Waals surface area (Å²) in [6, 6.07) is 27.3. The number of nitrogens with zero attached hydrogens (tertiary/aromatic N) is 2. The van der Waals surface area contributed by atoms with Crippen LogP contribution in [0.2, 0.25) is 0 Å². The third-order valence-electron chi connectivity index (χ3n) is 4.89. The van der Waals surface area contributed by atoms with Gasteiger partial charge in [-0.05, 0) is 36.2 Å². The van der Waals surface area contributed by atoms with Crippen LogP contribution >= 0.6 is 0 Å². The van der Waals surface area contributed by atoms with E-state index in [0.717, 1.165) is 22.5 Å². The zero-order valence-electron chi connectivity index (χ0n) is 16.9. The van der Waals surface area contributed by atoms with Gasteiger partial charge in [0.1, 0.15) is 0 Å². The Labute approximate surface area is 172 Å². The highest BCUT2D eigenvalue weighted by Crippen LogP contribution is 2.22. The van der Waals surface area contributed by atoms with Gasteiger partial charge in [-0.3, -0.25) is 9.59 Å². The molecule has 0 heterocycles. The Morgan fingerprint density at radius 2 is 1.34 bits per heavy atom. The smallest absolute Gasteiger partial charge is 0.229 e. The molecular formula is C25H26N2O2. The topological polar surface area (TPSA) is 40.6 Å². The molecule has 4 heteroatoms. The van der Waals surface area contributed by atoms with Gasteiger partial charge in [0.15, 0.2) is 0 Å². The first kappa shape index (κ1) is 20.3. The van der Waals surface area contributed by atoms with E-state index in [-0.39, 0.29) is 18.2 Å². The molecule has 0 unspecified atom stereocenters. The number of amides is 2. The average Bonchev–Trinajstić information content (AvgIpc) is 2.74. The molecule has 0 radical (unpaired) electrons. The van der Waals surface area contributed by atoms with Crippen LogP contribution in [0.15, 0.2) is 84.9 Å². The van der Waals surface area contributed by atoms with E-state index in [9.17, 15) is 9.59 Å². The van der Waals surface area contributed by atoms with E-state index in [2.05, 4.69) is 0 Å². The van der Waals surface area contributed by atoms with Crippen LogP contribution in [0.25, 0.3) is 0 Å². The van der Waals surface area contributed by atoms with E-state index in [0.29, 0.717) is 13.1 Å². The zero-order valence-corrected chi connectivity index (χ0v) is 16.9. The Balaban J connectivity index is 1.79. The minimum Gasteiger partial charge on any atom is -0.312 e. The molecular weight excluding hydrogens is 360 g/mol. The first-order valence-corrected chi connectivity index (χ1v) is 9.79. The molecule has 2 amide bonds. The van der Waals surface area contributed by atoms with E-state index >= 15 is 0 Å². The number of carbonyl (C=O) groups excluding carboxylic acids is 2. The molecule has 0 atom stereocenters. The summed E-state index contributed by atoms with van der Waals surface area (Å²) in [6.07, 6.45) is 0.246. The summed E-state index contributed by atoms with van der Waals surface area (Å²) in [5.41, 5.74) is 3.78. The molecule has 0 aliphatic heterocycles. The minimum atomic E-state index is -0.0681. The molecule has 0 bridgehead atoms. The SMILES string of the molecule is CC(=O)N(CCC(=O)N(Cc1ccccc1)c1ccccc1)c1ccccc1C. The lowest BCUT2D eigenvalue weighted by Gasteiger charge is -2.26. The second kappa shape index (κ2) is 9.69. The van der Waals surface area contributed by atoms with Crippen molar-refractivity contribution in [2.75, 3.05) is 16.3 Å². The zero-order chi connectivity index (χ0) is 20.6. The maximum Gasteiger partial charge on any atom is 0.229 e. The number of anilines is 2. The monoisotopic (exact) mass is 386 g/mol. The fourth-order valence-electron chi connectivity index (χ4n) is 3.35. The van der Waals surface area contributed by atoms with Crippen molar-refractivity contribution in [3.63, 3.8) is 0 Å². The molecule has 3 aromatic rings. The van der Waals surface area contributed by atoms with Crippen molar-refractivity contribution in [3.05, 3.63) is 96.1 Å². The summed E-state index contributed by atoms with van der Waals surface area (Å²) in [5, 5.41) is 0. The number of hydrogen-bond acceptors (Lipinski definition) is 2. The summed E-state index contributed by atoms with van der Waals surface area (Å²) in [5.74, 6) is -0.0821. The lowest BCUT2D eigenvalue weighted by atomic mass is 10.1. The van der Waals surface area contributed by atoms with E-state index in [4.69, 9.17) is 0 Å². The third kappa shape index (κ3) is 5.32. The molecule has 0 aliphatic carbocycles. The molecule has 3 rings (SSSR count). The van der Waals surface area contributed by atoms with Crippen LogP contribution in [0.5, 0.6) is 0 Å². The predicted molar refractivity (Wildman–Crippen MR) is 118 cm³/mol. The quantitative estimate of drug-likeness (QED) is 0.575. The Hall–Kier alpha value is -3.40. The molecule has 29 heavy (non-hydrogen) atoms. The average molecular weight is 386 g/mol. The fraction of sp³-hybridized carbons (Fsp3) is 0.200. The number of aryl methyl sites for hydroxylation is 1. The van der Waals surface area contributed by atoms with Crippen molar-refractivity contribution in [3.8, 4) is 0 Å². The highest BCUT2D eigenvalue weighted by molar-refractivity contribution is 5.96. The number of carbonyl (C=O) groups is 2. The van der Waals surface area contributed by atoms with Gasteiger partial charge >= 0.3 is 0 Å². The Bertz CT molecular complexity index is 955. The largest absolute Gasteiger partial charge is 0.312 e. The van der Waals surface area contributed by atoms with Crippen LogP contribution in [0.3, 0.4) is 0 Å². The van der Waals surface area contributed by atoms with Gasteiger partial charge in [0.25, 0.3) is 0 Å². The van der Waals surface area contributed by atoms with Gasteiger partial charge in [-0.15, -0.1) is 0 Å². The standard InChI is InChI=1S/C25H26N2O2/c1-20-11-9-10-16-24(20)26(21(2)28)18-17-25(29)27(23-14-7-4-8-15-23)19-22-12-5-3-6-13-22/h3-16H,17-19H2,1-2H3. The lowest BCUT2D eigenvalue weighted by Crippen LogP contribution is -2.36. The van der Waals surface area contributed by atoms with Gasteiger partial charge in [0.2, 0.25) is 11.8 Å². The van der Waals surface area contributed by atoms with Gasteiger partial charge in [-0.1, -0.05) is 66.7 Å². The summed E-state index contributed by atoms with van der Waals surface area (Å²) in [4.78, 5) is 28.9. The molecule has 0 spiro atoms. The molecule has 3 aromatic carbocycles. The number of hydrogen-bond donors (Lipinski definition) is 0. The van der Waals surface area contributed by atoms with Crippen molar-refractivity contribution >= 4 is 23.2 Å². The third-order valence-corrected chi connectivity index (χ3v) is 4.89. The van der Waals surface area contributed by atoms with E-state index < -0.39 is 0 Å². The number of para-hydroxylation sites is 2. The van der Waals surface area contributed by atoms with Crippen LogP contribution in [0.1, 0.15) is 24.5 Å². The van der Waals surface area contributed by atoms with Crippen molar-refractivity contribution in [1.82, 2.24) is 0 Å². The van der Waals surface area contributed by atoms with Gasteiger partial charge in [-0.2, -0.15) is 0 Å². The van der Waals surface area contributed by atoms with Crippen LogP contribution in [-0.4, -0.2) is 18.4 Å². The normalized spacial score (nSPS) is 10.4. The van der Waals surface area contributed by atoms with Crippen molar-refractivity contribution < 1.29 is 9.59 Å². The Morgan fingerprint density at radius 3 is 1.97 bits per heavy atom. The summed E-state index contributed by atoms with van der Waals surface area (Å²) in [6.45, 7) is 4.35. The maximum atomic E-state index is 13.2. The lowest BCUT2D eigenvalue weighted by molar-refractivity contribution is -0.118. The summed E-state index contributed by atoms with van der Waals surface area (Å²) in [7, 11) is 0. The fourth-order valence-corrected chi connectivity index (χ4v) is 3.35. The Morgan fingerprint density at radius 1 is 0.759 bits per heavy atom. The molecule has 0 saturated carbocycles. The minimum absolute atomic E-state index is 0.0140. The second-order valence-corrected chi connectivity index (χ2v) is 7.01. The predicted octanol–water partition coefficient (Wildman–Crippen LogP) is 4.97. The van der Waals surface area contributed by atoms with Gasteiger partial charge < -0.3 is 9.80 Å². The molecule has 0 N–H and O–H groups in total. The van der Waals surface area contributed by atoms with Crippen LogP contribution in [0, 0.1) is 6.92 Å². The van der Waals surface area contributed by atoms with Crippen molar-refractivity contribution in [1.29, 1.82) is 0 Å². The molecule has 148 valence electrons. The highest BCUT2D eigenvalue weighted by Gasteiger charge is 2.20. The van der Waals surface area contributed by atoms with E-state index in [1.54, 1.807) is 9.80 Å². The Kier molecular flexibility index (Phi) is 6.80. The summed E-state index contributed by atoms with van der Waals surface area (Å²) >= 11 is 0. The second-order valence-electron chi connectivity index (χ2n) is 7.01. The van der Waals surface area contributed by atoms with E-state index in [1.165, 1.54) is 6.92 Å². The molecule has 0 fully saturated rings. The van der Waals surface area contributed by atoms with Gasteiger partial charge in [0, 0.05) is 31.3 Å². The number of rotatable bonds is 7.